The summed E-state index contributed by atoms with van der Waals surface area (Å²) in [5.74, 6) is -7.45. The number of carbonyl (C=O) groups excluding carboxylic acids is 3. The Kier molecular flexibility index (Phi) is 11.3. The fourth-order valence-electron chi connectivity index (χ4n) is 2.98. The van der Waals surface area contributed by atoms with Gasteiger partial charge in [-0.2, -0.15) is 0 Å². The third kappa shape index (κ3) is 9.79. The number of hydrogen-bond acceptors (Lipinski definition) is 8. The van der Waals surface area contributed by atoms with E-state index in [1.54, 1.807) is 13.8 Å². The molecule has 15 heteroatoms. The molecule has 0 fully saturated rings. The van der Waals surface area contributed by atoms with Gasteiger partial charge in [-0.25, -0.2) is 9.78 Å². The average Bonchev–Trinajstić information content (AvgIpc) is 3.27. The highest BCUT2D eigenvalue weighted by Gasteiger charge is 2.33. The van der Waals surface area contributed by atoms with Crippen LogP contribution in [-0.2, 0) is 35.2 Å². The van der Waals surface area contributed by atoms with Gasteiger partial charge in [-0.15, -0.1) is 0 Å². The molecule has 0 saturated heterocycles. The first kappa shape index (κ1) is 29.0. The van der Waals surface area contributed by atoms with Crippen LogP contribution in [-0.4, -0.2) is 85.1 Å². The molecular formula is C20H30N6O9. The molecular weight excluding hydrogens is 468 g/mol. The summed E-state index contributed by atoms with van der Waals surface area (Å²) in [6.07, 6.45) is 1.41. The van der Waals surface area contributed by atoms with Gasteiger partial charge in [-0.3, -0.25) is 24.0 Å². The van der Waals surface area contributed by atoms with E-state index in [2.05, 4.69) is 25.9 Å². The number of carboxylic acid groups (broad SMARTS) is 3. The van der Waals surface area contributed by atoms with Crippen LogP contribution in [0.25, 0.3) is 0 Å². The van der Waals surface area contributed by atoms with Crippen molar-refractivity contribution in [2.45, 2.75) is 63.7 Å². The molecule has 0 aromatic carbocycles. The van der Waals surface area contributed by atoms with Crippen molar-refractivity contribution in [1.82, 2.24) is 25.9 Å². The van der Waals surface area contributed by atoms with E-state index in [-0.39, 0.29) is 6.42 Å². The molecule has 0 radical (unpaired) electrons. The largest absolute Gasteiger partial charge is 0.481 e. The Morgan fingerprint density at radius 3 is 2.03 bits per heavy atom. The molecule has 0 saturated carbocycles. The molecule has 9 N–H and O–H groups in total. The van der Waals surface area contributed by atoms with Gasteiger partial charge in [0.15, 0.2) is 0 Å². The van der Waals surface area contributed by atoms with E-state index in [1.165, 1.54) is 12.5 Å². The highest BCUT2D eigenvalue weighted by molar-refractivity contribution is 5.95. The van der Waals surface area contributed by atoms with Crippen LogP contribution in [0, 0.1) is 5.92 Å². The molecule has 0 aliphatic heterocycles. The van der Waals surface area contributed by atoms with Gasteiger partial charge in [0.2, 0.25) is 17.7 Å². The van der Waals surface area contributed by atoms with Gasteiger partial charge in [0, 0.05) is 18.3 Å². The number of nitrogens with zero attached hydrogens (tertiary/aromatic N) is 1. The second-order valence-electron chi connectivity index (χ2n) is 7.92. The standard InChI is InChI=1S/C20H30N6O9/c1-3-9(2)16(26-17(31)11(21)5-14(27)28)19(33)24-12(4-10-7-22-8-23-10)18(32)25-13(20(34)35)6-15(29)30/h7-9,11-13,16H,3-6,21H2,1-2H3,(H,22,23)(H,24,33)(H,25,32)(H,26,31)(H,27,28)(H,29,30)(H,34,35). The van der Waals surface area contributed by atoms with Crippen molar-refractivity contribution in [3.8, 4) is 0 Å². The number of nitrogens with two attached hydrogens (primary N) is 1. The van der Waals surface area contributed by atoms with Crippen LogP contribution in [0.15, 0.2) is 12.5 Å². The zero-order chi connectivity index (χ0) is 26.7. The summed E-state index contributed by atoms with van der Waals surface area (Å²) in [5.41, 5.74) is 5.97. The number of aliphatic carboxylic acids is 3. The highest BCUT2D eigenvalue weighted by atomic mass is 16.4. The van der Waals surface area contributed by atoms with E-state index in [0.29, 0.717) is 12.1 Å². The van der Waals surface area contributed by atoms with Crippen molar-refractivity contribution in [2.75, 3.05) is 0 Å². The minimum atomic E-state index is -1.75. The molecule has 5 atom stereocenters. The van der Waals surface area contributed by atoms with Crippen molar-refractivity contribution in [3.05, 3.63) is 18.2 Å². The number of amides is 3. The molecule has 194 valence electrons. The molecule has 5 unspecified atom stereocenters. The van der Waals surface area contributed by atoms with E-state index in [4.69, 9.17) is 15.9 Å². The Labute approximate surface area is 199 Å². The number of hydrogen-bond donors (Lipinski definition) is 8. The topological polar surface area (TPSA) is 254 Å². The molecule has 0 aliphatic carbocycles. The third-order valence-electron chi connectivity index (χ3n) is 5.13. The van der Waals surface area contributed by atoms with Crippen LogP contribution in [0.2, 0.25) is 0 Å². The predicted octanol–water partition coefficient (Wildman–Crippen LogP) is -2.19. The molecule has 3 amide bonds. The van der Waals surface area contributed by atoms with Crippen LogP contribution >= 0.6 is 0 Å². The van der Waals surface area contributed by atoms with Gasteiger partial charge in [-0.1, -0.05) is 20.3 Å². The lowest BCUT2D eigenvalue weighted by Gasteiger charge is -2.27. The summed E-state index contributed by atoms with van der Waals surface area (Å²) in [7, 11) is 0. The van der Waals surface area contributed by atoms with E-state index >= 15 is 0 Å². The fourth-order valence-corrected chi connectivity index (χ4v) is 2.98. The monoisotopic (exact) mass is 498 g/mol. The van der Waals surface area contributed by atoms with Crippen LogP contribution in [0.3, 0.4) is 0 Å². The van der Waals surface area contributed by atoms with Crippen LogP contribution in [0.4, 0.5) is 0 Å². The predicted molar refractivity (Wildman–Crippen MR) is 118 cm³/mol. The SMILES string of the molecule is CCC(C)C(NC(=O)C(N)CC(=O)O)C(=O)NC(Cc1cnc[nH]1)C(=O)NC(CC(=O)O)C(=O)O. The molecule has 0 spiro atoms. The van der Waals surface area contributed by atoms with Crippen molar-refractivity contribution >= 4 is 35.6 Å². The quantitative estimate of drug-likeness (QED) is 0.129. The Morgan fingerprint density at radius 1 is 0.943 bits per heavy atom. The molecule has 1 rings (SSSR count). The third-order valence-corrected chi connectivity index (χ3v) is 5.13. The van der Waals surface area contributed by atoms with Gasteiger partial charge in [0.1, 0.15) is 18.1 Å². The van der Waals surface area contributed by atoms with Gasteiger partial charge in [0.05, 0.1) is 25.2 Å². The molecule has 15 nitrogen and oxygen atoms in total. The normalized spacial score (nSPS) is 15.1. The van der Waals surface area contributed by atoms with Gasteiger partial charge >= 0.3 is 17.9 Å². The lowest BCUT2D eigenvalue weighted by molar-refractivity contribution is -0.147. The van der Waals surface area contributed by atoms with Crippen LogP contribution in [0.1, 0.15) is 38.8 Å². The second kappa shape index (κ2) is 13.6. The maximum atomic E-state index is 13.1. The van der Waals surface area contributed by atoms with E-state index in [0.717, 1.165) is 0 Å². The molecule has 1 aromatic heterocycles. The Bertz CT molecular complexity index is 920. The molecule has 35 heavy (non-hydrogen) atoms. The smallest absolute Gasteiger partial charge is 0.326 e. The van der Waals surface area contributed by atoms with E-state index in [9.17, 15) is 33.9 Å². The zero-order valence-corrected chi connectivity index (χ0v) is 19.2. The van der Waals surface area contributed by atoms with E-state index < -0.39 is 78.6 Å². The van der Waals surface area contributed by atoms with Gasteiger partial charge in [-0.05, 0) is 5.92 Å². The Balaban J connectivity index is 3.10. The molecule has 1 heterocycles. The Morgan fingerprint density at radius 2 is 1.54 bits per heavy atom. The lowest BCUT2D eigenvalue weighted by Crippen LogP contribution is -2.59. The fraction of sp³-hybridized carbons (Fsp3) is 0.550. The second-order valence-corrected chi connectivity index (χ2v) is 7.92. The number of aromatic nitrogens is 2. The highest BCUT2D eigenvalue weighted by Crippen LogP contribution is 2.10. The summed E-state index contributed by atoms with van der Waals surface area (Å²) >= 11 is 0. The number of aromatic amines is 1. The summed E-state index contributed by atoms with van der Waals surface area (Å²) < 4.78 is 0. The van der Waals surface area contributed by atoms with E-state index in [1.807, 2.05) is 0 Å². The first-order valence-corrected chi connectivity index (χ1v) is 10.7. The maximum absolute atomic E-state index is 13.1. The number of nitrogens with one attached hydrogen (secondary N) is 4. The number of carbonyl (C=O) groups is 6. The molecule has 1 aromatic rings. The maximum Gasteiger partial charge on any atom is 0.326 e. The van der Waals surface area contributed by atoms with Crippen LogP contribution < -0.4 is 21.7 Å². The Hall–Kier alpha value is -4.01. The van der Waals surface area contributed by atoms with Gasteiger partial charge < -0.3 is 42.0 Å². The summed E-state index contributed by atoms with van der Waals surface area (Å²) in [6, 6.07) is -5.73. The zero-order valence-electron chi connectivity index (χ0n) is 19.2. The first-order chi connectivity index (χ1) is 16.3. The lowest BCUT2D eigenvalue weighted by atomic mass is 9.97. The molecule has 0 bridgehead atoms. The minimum absolute atomic E-state index is 0.156. The minimum Gasteiger partial charge on any atom is -0.481 e. The number of H-pyrrole nitrogens is 1. The van der Waals surface area contributed by atoms with Crippen molar-refractivity contribution < 1.29 is 44.1 Å². The summed E-state index contributed by atoms with van der Waals surface area (Å²) in [5, 5.41) is 33.9. The number of imidazole rings is 1. The molecule has 0 aliphatic rings. The average molecular weight is 498 g/mol. The van der Waals surface area contributed by atoms with Crippen molar-refractivity contribution in [2.24, 2.45) is 11.7 Å². The van der Waals surface area contributed by atoms with Crippen molar-refractivity contribution in [1.29, 1.82) is 0 Å². The summed E-state index contributed by atoms with van der Waals surface area (Å²) in [6.45, 7) is 3.39. The summed E-state index contributed by atoms with van der Waals surface area (Å²) in [4.78, 5) is 77.9. The van der Waals surface area contributed by atoms with Gasteiger partial charge in [0.25, 0.3) is 0 Å². The van der Waals surface area contributed by atoms with Crippen molar-refractivity contribution in [3.63, 3.8) is 0 Å². The van der Waals surface area contributed by atoms with Crippen LogP contribution in [0.5, 0.6) is 0 Å². The number of carboxylic acids is 3. The first-order valence-electron chi connectivity index (χ1n) is 10.7. The number of rotatable bonds is 15.